The van der Waals surface area contributed by atoms with Crippen molar-refractivity contribution in [3.05, 3.63) is 35.7 Å². The van der Waals surface area contributed by atoms with Crippen molar-refractivity contribution in [2.45, 2.75) is 12.8 Å². The molecule has 1 aliphatic rings. The van der Waals surface area contributed by atoms with Gasteiger partial charge in [0.05, 0.1) is 10.7 Å². The molecule has 1 amide bonds. The quantitative estimate of drug-likeness (QED) is 0.908. The van der Waals surface area contributed by atoms with Gasteiger partial charge in [-0.2, -0.15) is 0 Å². The van der Waals surface area contributed by atoms with E-state index in [2.05, 4.69) is 14.9 Å². The lowest BCUT2D eigenvalue weighted by molar-refractivity contribution is -0.122. The molecule has 3 rings (SSSR count). The Hall–Kier alpha value is -2.34. The van der Waals surface area contributed by atoms with Gasteiger partial charge >= 0.3 is 0 Å². The largest absolute Gasteiger partial charge is 0.370 e. The zero-order chi connectivity index (χ0) is 18.0. The van der Waals surface area contributed by atoms with Crippen LogP contribution in [-0.4, -0.2) is 43.1 Å². The Bertz CT molecular complexity index is 755. The monoisotopic (exact) mass is 359 g/mol. The Morgan fingerprint density at radius 3 is 2.52 bits per heavy atom. The molecule has 7 heteroatoms. The molecule has 132 valence electrons. The van der Waals surface area contributed by atoms with Crippen molar-refractivity contribution in [1.29, 1.82) is 0 Å². The average molecular weight is 360 g/mol. The lowest BCUT2D eigenvalue weighted by Crippen LogP contribution is -2.38. The van der Waals surface area contributed by atoms with Crippen LogP contribution in [0.15, 0.2) is 30.7 Å². The first-order valence-corrected chi connectivity index (χ1v) is 8.66. The first kappa shape index (κ1) is 17.5. The van der Waals surface area contributed by atoms with Crippen LogP contribution < -0.4 is 15.5 Å². The van der Waals surface area contributed by atoms with Crippen molar-refractivity contribution in [3.63, 3.8) is 0 Å². The number of hydrogen-bond donors (Lipinski definition) is 1. The number of halogens is 1. The molecule has 1 saturated heterocycles. The Morgan fingerprint density at radius 2 is 1.96 bits per heavy atom. The minimum absolute atomic E-state index is 0.0543. The third kappa shape index (κ3) is 3.69. The number of pyridine rings is 2. The summed E-state index contributed by atoms with van der Waals surface area (Å²) >= 11 is 6.47. The SMILES string of the molecule is CN(C)c1ccc(-c2cncc(Cl)c2N2CCC(C(N)=O)CC2)cn1. The molecule has 2 aromatic heterocycles. The van der Waals surface area contributed by atoms with Gasteiger partial charge in [0.2, 0.25) is 5.91 Å². The van der Waals surface area contributed by atoms with Crippen LogP contribution in [0.2, 0.25) is 5.02 Å². The van der Waals surface area contributed by atoms with Crippen LogP contribution in [-0.2, 0) is 4.79 Å². The van der Waals surface area contributed by atoms with E-state index in [1.807, 2.05) is 43.5 Å². The summed E-state index contributed by atoms with van der Waals surface area (Å²) in [6.45, 7) is 1.49. The van der Waals surface area contributed by atoms with Gasteiger partial charge in [-0.15, -0.1) is 0 Å². The number of aromatic nitrogens is 2. The van der Waals surface area contributed by atoms with Crippen molar-refractivity contribution < 1.29 is 4.79 Å². The molecule has 1 fully saturated rings. The van der Waals surface area contributed by atoms with Crippen LogP contribution in [0.4, 0.5) is 11.5 Å². The molecule has 0 atom stereocenters. The molecule has 2 N–H and O–H groups in total. The summed E-state index contributed by atoms with van der Waals surface area (Å²) in [4.78, 5) is 24.3. The Balaban J connectivity index is 1.91. The number of hydrogen-bond acceptors (Lipinski definition) is 5. The van der Waals surface area contributed by atoms with Crippen LogP contribution in [0.5, 0.6) is 0 Å². The molecule has 0 spiro atoms. The fourth-order valence-corrected chi connectivity index (χ4v) is 3.44. The third-order valence-electron chi connectivity index (χ3n) is 4.60. The van der Waals surface area contributed by atoms with Gasteiger partial charge in [0.1, 0.15) is 5.82 Å². The highest BCUT2D eigenvalue weighted by molar-refractivity contribution is 6.33. The van der Waals surface area contributed by atoms with Crippen LogP contribution >= 0.6 is 11.6 Å². The second-order valence-corrected chi connectivity index (χ2v) is 6.89. The number of nitrogens with two attached hydrogens (primary N) is 1. The summed E-state index contributed by atoms with van der Waals surface area (Å²) in [5, 5.41) is 0.603. The van der Waals surface area contributed by atoms with Crippen LogP contribution in [0.3, 0.4) is 0 Å². The number of nitrogens with zero attached hydrogens (tertiary/aromatic N) is 4. The molecule has 0 aliphatic carbocycles. The molecule has 0 unspecified atom stereocenters. The van der Waals surface area contributed by atoms with E-state index >= 15 is 0 Å². The molecule has 3 heterocycles. The maximum atomic E-state index is 11.4. The minimum atomic E-state index is -0.218. The van der Waals surface area contributed by atoms with Gasteiger partial charge in [-0.25, -0.2) is 4.98 Å². The van der Waals surface area contributed by atoms with E-state index in [0.717, 1.165) is 48.6 Å². The van der Waals surface area contributed by atoms with Crippen LogP contribution in [0, 0.1) is 5.92 Å². The summed E-state index contributed by atoms with van der Waals surface area (Å²) in [6.07, 6.45) is 6.79. The number of primary amides is 1. The summed E-state index contributed by atoms with van der Waals surface area (Å²) in [7, 11) is 3.91. The Labute approximate surface area is 152 Å². The highest BCUT2D eigenvalue weighted by Gasteiger charge is 2.26. The molecule has 1 aliphatic heterocycles. The summed E-state index contributed by atoms with van der Waals surface area (Å²) in [6, 6.07) is 3.99. The van der Waals surface area contributed by atoms with Crippen molar-refractivity contribution >= 4 is 29.0 Å². The van der Waals surface area contributed by atoms with Gasteiger partial charge in [0.25, 0.3) is 0 Å². The van der Waals surface area contributed by atoms with Gasteiger partial charge in [0, 0.05) is 62.8 Å². The molecule has 2 aromatic rings. The molecule has 0 aromatic carbocycles. The van der Waals surface area contributed by atoms with E-state index in [1.54, 1.807) is 6.20 Å². The maximum Gasteiger partial charge on any atom is 0.220 e. The van der Waals surface area contributed by atoms with Crippen molar-refractivity contribution in [2.24, 2.45) is 11.7 Å². The van der Waals surface area contributed by atoms with Gasteiger partial charge in [-0.3, -0.25) is 9.78 Å². The molecule has 25 heavy (non-hydrogen) atoms. The number of amides is 1. The lowest BCUT2D eigenvalue weighted by Gasteiger charge is -2.34. The third-order valence-corrected chi connectivity index (χ3v) is 4.88. The second-order valence-electron chi connectivity index (χ2n) is 6.48. The van der Waals surface area contributed by atoms with Gasteiger partial charge in [-0.05, 0) is 25.0 Å². The molecular weight excluding hydrogens is 338 g/mol. The Kier molecular flexibility index (Phi) is 5.08. The molecule has 0 saturated carbocycles. The molecular formula is C18H22ClN5O. The van der Waals surface area contributed by atoms with E-state index in [1.165, 1.54) is 0 Å². The fraction of sp³-hybridized carbons (Fsp3) is 0.389. The van der Waals surface area contributed by atoms with Crippen LogP contribution in [0.25, 0.3) is 11.1 Å². The smallest absolute Gasteiger partial charge is 0.220 e. The zero-order valence-electron chi connectivity index (χ0n) is 14.4. The molecule has 0 bridgehead atoms. The van der Waals surface area contributed by atoms with Gasteiger partial charge < -0.3 is 15.5 Å². The second kappa shape index (κ2) is 7.27. The topological polar surface area (TPSA) is 75.3 Å². The van der Waals surface area contributed by atoms with E-state index in [4.69, 9.17) is 17.3 Å². The first-order valence-electron chi connectivity index (χ1n) is 8.29. The number of piperidine rings is 1. The average Bonchev–Trinajstić information content (AvgIpc) is 2.61. The number of rotatable bonds is 4. The van der Waals surface area contributed by atoms with E-state index in [0.29, 0.717) is 5.02 Å². The van der Waals surface area contributed by atoms with E-state index in [9.17, 15) is 4.79 Å². The molecule has 6 nitrogen and oxygen atoms in total. The summed E-state index contributed by atoms with van der Waals surface area (Å²) in [5.74, 6) is 0.619. The predicted molar refractivity (Wildman–Crippen MR) is 101 cm³/mol. The summed E-state index contributed by atoms with van der Waals surface area (Å²) in [5.41, 5.74) is 8.29. The number of carbonyl (C=O) groups excluding carboxylic acids is 1. The lowest BCUT2D eigenvalue weighted by atomic mass is 9.95. The number of carbonyl (C=O) groups is 1. The fourth-order valence-electron chi connectivity index (χ4n) is 3.16. The maximum absolute atomic E-state index is 11.4. The van der Waals surface area contributed by atoms with Crippen molar-refractivity contribution in [1.82, 2.24) is 9.97 Å². The van der Waals surface area contributed by atoms with Gasteiger partial charge in [0.15, 0.2) is 0 Å². The van der Waals surface area contributed by atoms with Crippen molar-refractivity contribution in [3.8, 4) is 11.1 Å². The van der Waals surface area contributed by atoms with E-state index in [-0.39, 0.29) is 11.8 Å². The Morgan fingerprint density at radius 1 is 1.24 bits per heavy atom. The minimum Gasteiger partial charge on any atom is -0.370 e. The highest BCUT2D eigenvalue weighted by Crippen LogP contribution is 2.38. The van der Waals surface area contributed by atoms with Crippen LogP contribution in [0.1, 0.15) is 12.8 Å². The predicted octanol–water partition coefficient (Wildman–Crippen LogP) is 2.56. The number of anilines is 2. The van der Waals surface area contributed by atoms with Crippen molar-refractivity contribution in [2.75, 3.05) is 37.0 Å². The molecule has 0 radical (unpaired) electrons. The zero-order valence-corrected chi connectivity index (χ0v) is 15.2. The van der Waals surface area contributed by atoms with Gasteiger partial charge in [-0.1, -0.05) is 11.6 Å². The van der Waals surface area contributed by atoms with E-state index < -0.39 is 0 Å². The normalized spacial score (nSPS) is 15.2. The highest BCUT2D eigenvalue weighted by atomic mass is 35.5. The first-order chi connectivity index (χ1) is 12.0. The summed E-state index contributed by atoms with van der Waals surface area (Å²) < 4.78 is 0. The standard InChI is InChI=1S/C18H22ClN5O/c1-23(2)16-4-3-13(9-22-16)14-10-21-11-15(19)17(14)24-7-5-12(6-8-24)18(20)25/h3-4,9-12H,5-8H2,1-2H3,(H2,20,25).